The molecule has 0 saturated carbocycles. The lowest BCUT2D eigenvalue weighted by Crippen LogP contribution is -2.21. The van der Waals surface area contributed by atoms with Crippen LogP contribution in [0.3, 0.4) is 0 Å². The summed E-state index contributed by atoms with van der Waals surface area (Å²) in [5, 5.41) is 3.47. The Kier molecular flexibility index (Phi) is 6.01. The zero-order valence-corrected chi connectivity index (χ0v) is 11.6. The standard InChI is InChI=1S/C13H20N2O2S/c1-10(18(2)17)6-7-15-9-11-4-3-5-12(8-11)13(14)16/h3-5,8,10,15H,6-7,9H2,1-2H3,(H2,14,16). The number of carbonyl (C=O) groups is 1. The minimum absolute atomic E-state index is 0.203. The fraction of sp³-hybridized carbons (Fsp3) is 0.462. The minimum Gasteiger partial charge on any atom is -0.366 e. The number of amides is 1. The highest BCUT2D eigenvalue weighted by Gasteiger charge is 2.05. The molecule has 0 aromatic heterocycles. The van der Waals surface area contributed by atoms with Crippen LogP contribution in [0.5, 0.6) is 0 Å². The second kappa shape index (κ2) is 7.28. The van der Waals surface area contributed by atoms with E-state index in [2.05, 4.69) is 5.32 Å². The van der Waals surface area contributed by atoms with Crippen molar-refractivity contribution in [1.82, 2.24) is 5.32 Å². The number of primary amides is 1. The Morgan fingerprint density at radius 3 is 2.83 bits per heavy atom. The van der Waals surface area contributed by atoms with Crippen LogP contribution >= 0.6 is 0 Å². The Morgan fingerprint density at radius 1 is 1.50 bits per heavy atom. The molecule has 2 unspecified atom stereocenters. The maximum Gasteiger partial charge on any atom is 0.248 e. The summed E-state index contributed by atoms with van der Waals surface area (Å²) >= 11 is 0. The molecule has 0 aliphatic carbocycles. The van der Waals surface area contributed by atoms with Crippen LogP contribution < -0.4 is 11.1 Å². The van der Waals surface area contributed by atoms with Gasteiger partial charge in [-0.25, -0.2) is 0 Å². The van der Waals surface area contributed by atoms with Gasteiger partial charge in [-0.2, -0.15) is 0 Å². The van der Waals surface area contributed by atoms with E-state index in [-0.39, 0.29) is 5.25 Å². The minimum atomic E-state index is -0.769. The summed E-state index contributed by atoms with van der Waals surface area (Å²) in [5.41, 5.74) is 6.77. The van der Waals surface area contributed by atoms with Gasteiger partial charge in [-0.05, 0) is 30.7 Å². The molecule has 1 amide bonds. The van der Waals surface area contributed by atoms with Crippen molar-refractivity contribution in [3.63, 3.8) is 0 Å². The summed E-state index contributed by atoms with van der Waals surface area (Å²) in [6.07, 6.45) is 2.60. The number of hydrogen-bond acceptors (Lipinski definition) is 3. The Hall–Kier alpha value is -1.20. The monoisotopic (exact) mass is 268 g/mol. The van der Waals surface area contributed by atoms with Gasteiger partial charge in [-0.1, -0.05) is 19.1 Å². The third kappa shape index (κ3) is 4.98. The zero-order chi connectivity index (χ0) is 13.5. The Morgan fingerprint density at radius 2 is 2.22 bits per heavy atom. The van der Waals surface area contributed by atoms with Crippen LogP contribution in [0.15, 0.2) is 24.3 Å². The largest absolute Gasteiger partial charge is 0.366 e. The molecule has 0 saturated heterocycles. The highest BCUT2D eigenvalue weighted by Crippen LogP contribution is 2.04. The van der Waals surface area contributed by atoms with Gasteiger partial charge >= 0.3 is 0 Å². The van der Waals surface area contributed by atoms with Crippen molar-refractivity contribution in [2.45, 2.75) is 25.1 Å². The van der Waals surface area contributed by atoms with Crippen LogP contribution in [0, 0.1) is 0 Å². The first-order valence-corrected chi connectivity index (χ1v) is 7.54. The van der Waals surface area contributed by atoms with Crippen LogP contribution in [0.2, 0.25) is 0 Å². The molecule has 1 rings (SSSR count). The number of carbonyl (C=O) groups excluding carboxylic acids is 1. The van der Waals surface area contributed by atoms with Crippen LogP contribution in [-0.2, 0) is 17.3 Å². The maximum absolute atomic E-state index is 11.2. The number of nitrogens with one attached hydrogen (secondary N) is 1. The zero-order valence-electron chi connectivity index (χ0n) is 10.8. The van der Waals surface area contributed by atoms with Gasteiger partial charge in [-0.15, -0.1) is 0 Å². The molecule has 100 valence electrons. The van der Waals surface area contributed by atoms with E-state index in [1.54, 1.807) is 18.4 Å². The Bertz CT molecular complexity index is 435. The van der Waals surface area contributed by atoms with Crippen molar-refractivity contribution in [2.75, 3.05) is 12.8 Å². The highest BCUT2D eigenvalue weighted by atomic mass is 32.2. The van der Waals surface area contributed by atoms with Gasteiger partial charge in [0.05, 0.1) is 0 Å². The molecular weight excluding hydrogens is 248 g/mol. The van der Waals surface area contributed by atoms with Gasteiger partial charge in [0, 0.05) is 34.4 Å². The molecule has 2 atom stereocenters. The lowest BCUT2D eigenvalue weighted by Gasteiger charge is -2.09. The van der Waals surface area contributed by atoms with Crippen molar-refractivity contribution >= 4 is 16.7 Å². The predicted octanol–water partition coefficient (Wildman–Crippen LogP) is 1.03. The number of rotatable bonds is 7. The van der Waals surface area contributed by atoms with E-state index in [4.69, 9.17) is 5.73 Å². The quantitative estimate of drug-likeness (QED) is 0.726. The van der Waals surface area contributed by atoms with Crippen molar-refractivity contribution in [1.29, 1.82) is 0 Å². The molecule has 0 fully saturated rings. The summed E-state index contributed by atoms with van der Waals surface area (Å²) in [7, 11) is -0.769. The fourth-order valence-electron chi connectivity index (χ4n) is 1.54. The first-order valence-electron chi connectivity index (χ1n) is 5.92. The average molecular weight is 268 g/mol. The molecule has 1 aromatic carbocycles. The van der Waals surface area contributed by atoms with Gasteiger partial charge in [0.2, 0.25) is 5.91 Å². The molecule has 0 radical (unpaired) electrons. The normalized spacial score (nSPS) is 14.1. The lowest BCUT2D eigenvalue weighted by molar-refractivity contribution is 0.1000. The van der Waals surface area contributed by atoms with Gasteiger partial charge in [0.25, 0.3) is 0 Å². The van der Waals surface area contributed by atoms with E-state index >= 15 is 0 Å². The number of nitrogens with two attached hydrogens (primary N) is 1. The average Bonchev–Trinajstić information content (AvgIpc) is 2.34. The van der Waals surface area contributed by atoms with E-state index in [1.165, 1.54) is 0 Å². The predicted molar refractivity (Wildman–Crippen MR) is 74.8 cm³/mol. The van der Waals surface area contributed by atoms with Gasteiger partial charge in [0.1, 0.15) is 0 Å². The van der Waals surface area contributed by atoms with Crippen molar-refractivity contribution in [3.05, 3.63) is 35.4 Å². The fourth-order valence-corrected chi connectivity index (χ4v) is 1.99. The van der Waals surface area contributed by atoms with Crippen LogP contribution in [0.1, 0.15) is 29.3 Å². The van der Waals surface area contributed by atoms with Crippen LogP contribution in [0.25, 0.3) is 0 Å². The van der Waals surface area contributed by atoms with Crippen molar-refractivity contribution < 1.29 is 9.00 Å². The third-order valence-electron chi connectivity index (χ3n) is 2.83. The first kappa shape index (κ1) is 14.9. The highest BCUT2D eigenvalue weighted by molar-refractivity contribution is 7.84. The molecule has 5 heteroatoms. The van der Waals surface area contributed by atoms with E-state index in [0.717, 1.165) is 18.5 Å². The SMILES string of the molecule is CC(CCNCc1cccc(C(N)=O)c1)S(C)=O. The number of benzene rings is 1. The topological polar surface area (TPSA) is 72.2 Å². The Balaban J connectivity index is 2.38. The summed E-state index contributed by atoms with van der Waals surface area (Å²) in [6, 6.07) is 7.26. The van der Waals surface area contributed by atoms with E-state index < -0.39 is 16.7 Å². The molecule has 18 heavy (non-hydrogen) atoms. The van der Waals surface area contributed by atoms with Gasteiger partial charge < -0.3 is 11.1 Å². The molecule has 0 spiro atoms. The second-order valence-corrected chi connectivity index (χ2v) is 6.14. The molecular formula is C13H20N2O2S. The molecule has 4 nitrogen and oxygen atoms in total. The summed E-state index contributed by atoms with van der Waals surface area (Å²) in [5.74, 6) is -0.410. The Labute approximate surface area is 110 Å². The first-order chi connectivity index (χ1) is 8.50. The lowest BCUT2D eigenvalue weighted by atomic mass is 10.1. The van der Waals surface area contributed by atoms with Crippen LogP contribution in [0.4, 0.5) is 0 Å². The second-order valence-electron chi connectivity index (χ2n) is 4.34. The summed E-state index contributed by atoms with van der Waals surface area (Å²) in [4.78, 5) is 11.0. The smallest absolute Gasteiger partial charge is 0.248 e. The van der Waals surface area contributed by atoms with Crippen molar-refractivity contribution in [2.24, 2.45) is 5.73 Å². The van der Waals surface area contributed by atoms with Crippen LogP contribution in [-0.4, -0.2) is 28.2 Å². The molecule has 1 aromatic rings. The molecule has 0 heterocycles. The molecule has 3 N–H and O–H groups in total. The molecule has 0 aliphatic rings. The third-order valence-corrected chi connectivity index (χ3v) is 4.20. The van der Waals surface area contributed by atoms with Gasteiger partial charge in [0.15, 0.2) is 0 Å². The maximum atomic E-state index is 11.2. The van der Waals surface area contributed by atoms with E-state index in [1.807, 2.05) is 19.1 Å². The molecule has 0 bridgehead atoms. The summed E-state index contributed by atoms with van der Waals surface area (Å²) < 4.78 is 11.2. The molecule has 0 aliphatic heterocycles. The summed E-state index contributed by atoms with van der Waals surface area (Å²) in [6.45, 7) is 3.47. The van der Waals surface area contributed by atoms with E-state index in [0.29, 0.717) is 12.1 Å². The van der Waals surface area contributed by atoms with Crippen molar-refractivity contribution in [3.8, 4) is 0 Å². The van der Waals surface area contributed by atoms with E-state index in [9.17, 15) is 9.00 Å². The van der Waals surface area contributed by atoms with Gasteiger partial charge in [-0.3, -0.25) is 9.00 Å². The number of hydrogen-bond donors (Lipinski definition) is 2.